The summed E-state index contributed by atoms with van der Waals surface area (Å²) in [6.07, 6.45) is 0.0571. The molecule has 0 saturated carbocycles. The molecular weight excluding hydrogens is 328 g/mol. The number of carbonyl (C=O) groups excluding carboxylic acids is 1. The van der Waals surface area contributed by atoms with E-state index in [1.165, 1.54) is 4.31 Å². The predicted molar refractivity (Wildman–Crippen MR) is 92.4 cm³/mol. The number of carbonyl (C=O) groups is 1. The van der Waals surface area contributed by atoms with Crippen molar-refractivity contribution < 1.29 is 17.9 Å². The van der Waals surface area contributed by atoms with Crippen LogP contribution in [0.15, 0.2) is 23.1 Å². The maximum atomic E-state index is 12.8. The first-order chi connectivity index (χ1) is 11.0. The Labute approximate surface area is 144 Å². The second-order valence-corrected chi connectivity index (χ2v) is 9.26. The lowest BCUT2D eigenvalue weighted by molar-refractivity contribution is 0.0507. The van der Waals surface area contributed by atoms with Crippen molar-refractivity contribution >= 4 is 16.1 Å². The van der Waals surface area contributed by atoms with Gasteiger partial charge in [-0.1, -0.05) is 6.07 Å². The van der Waals surface area contributed by atoms with Crippen molar-refractivity contribution in [2.75, 3.05) is 13.1 Å². The molecule has 24 heavy (non-hydrogen) atoms. The van der Waals surface area contributed by atoms with Gasteiger partial charge in [-0.05, 0) is 64.3 Å². The number of nitrogens with zero attached hydrogens (tertiary/aromatic N) is 1. The van der Waals surface area contributed by atoms with Gasteiger partial charge in [0.25, 0.3) is 0 Å². The van der Waals surface area contributed by atoms with Crippen molar-refractivity contribution in [3.63, 3.8) is 0 Å². The summed E-state index contributed by atoms with van der Waals surface area (Å²) >= 11 is 0. The molecule has 1 saturated heterocycles. The number of sulfonamides is 1. The first-order valence-corrected chi connectivity index (χ1v) is 9.49. The summed E-state index contributed by atoms with van der Waals surface area (Å²) in [5, 5.41) is 2.74. The highest BCUT2D eigenvalue weighted by molar-refractivity contribution is 7.89. The third-order valence-electron chi connectivity index (χ3n) is 3.70. The van der Waals surface area contributed by atoms with Crippen LogP contribution in [0.1, 0.15) is 38.3 Å². The predicted octanol–water partition coefficient (Wildman–Crippen LogP) is 2.59. The van der Waals surface area contributed by atoms with Gasteiger partial charge in [-0.3, -0.25) is 0 Å². The average Bonchev–Trinajstić information content (AvgIpc) is 2.84. The topological polar surface area (TPSA) is 75.7 Å². The second-order valence-electron chi connectivity index (χ2n) is 7.32. The number of amides is 1. The highest BCUT2D eigenvalue weighted by Crippen LogP contribution is 2.23. The van der Waals surface area contributed by atoms with Crippen LogP contribution in [0.5, 0.6) is 0 Å². The second kappa shape index (κ2) is 6.72. The SMILES string of the molecule is Cc1cc(C)cc(S(=O)(=O)N2CC[C@H](NC(=O)OC(C)(C)C)C2)c1. The van der Waals surface area contributed by atoms with Crippen molar-refractivity contribution in [1.82, 2.24) is 9.62 Å². The molecule has 0 spiro atoms. The number of hydrogen-bond donors (Lipinski definition) is 1. The summed E-state index contributed by atoms with van der Waals surface area (Å²) in [6, 6.07) is 5.06. The fourth-order valence-electron chi connectivity index (χ4n) is 2.77. The fourth-order valence-corrected chi connectivity index (χ4v) is 4.46. The quantitative estimate of drug-likeness (QED) is 0.905. The molecule has 0 radical (unpaired) electrons. The lowest BCUT2D eigenvalue weighted by Crippen LogP contribution is -2.41. The number of alkyl carbamates (subject to hydrolysis) is 1. The first kappa shape index (κ1) is 18.7. The zero-order chi connectivity index (χ0) is 18.1. The molecule has 1 aliphatic heterocycles. The molecule has 0 unspecified atom stereocenters. The van der Waals surface area contributed by atoms with E-state index in [-0.39, 0.29) is 12.6 Å². The molecule has 0 aromatic heterocycles. The molecule has 2 rings (SSSR count). The molecule has 134 valence electrons. The Balaban J connectivity index is 2.05. The highest BCUT2D eigenvalue weighted by Gasteiger charge is 2.34. The van der Waals surface area contributed by atoms with Gasteiger partial charge in [0, 0.05) is 19.1 Å². The largest absolute Gasteiger partial charge is 0.444 e. The lowest BCUT2D eigenvalue weighted by Gasteiger charge is -2.22. The Hall–Kier alpha value is -1.60. The highest BCUT2D eigenvalue weighted by atomic mass is 32.2. The summed E-state index contributed by atoms with van der Waals surface area (Å²) in [6.45, 7) is 9.77. The van der Waals surface area contributed by atoms with Crippen molar-refractivity contribution in [3.05, 3.63) is 29.3 Å². The number of aryl methyl sites for hydroxylation is 2. The molecule has 1 atom stereocenters. The summed E-state index contributed by atoms with van der Waals surface area (Å²) in [5.74, 6) is 0. The standard InChI is InChI=1S/C17H26N2O4S/c1-12-8-13(2)10-15(9-12)24(21,22)19-7-6-14(11-19)18-16(20)23-17(3,4)5/h8-10,14H,6-7,11H2,1-5H3,(H,18,20)/t14-/m0/s1. The minimum atomic E-state index is -3.55. The van der Waals surface area contributed by atoms with Gasteiger partial charge < -0.3 is 10.1 Å². The number of nitrogens with one attached hydrogen (secondary N) is 1. The van der Waals surface area contributed by atoms with Crippen LogP contribution in [0.2, 0.25) is 0 Å². The van der Waals surface area contributed by atoms with E-state index in [0.29, 0.717) is 17.9 Å². The summed E-state index contributed by atoms with van der Waals surface area (Å²) in [4.78, 5) is 12.1. The van der Waals surface area contributed by atoms with Crippen molar-refractivity contribution in [2.24, 2.45) is 0 Å². The van der Waals surface area contributed by atoms with Crippen molar-refractivity contribution in [3.8, 4) is 0 Å². The number of ether oxygens (including phenoxy) is 1. The van der Waals surface area contributed by atoms with Gasteiger partial charge in [-0.2, -0.15) is 4.31 Å². The van der Waals surface area contributed by atoms with E-state index in [4.69, 9.17) is 4.74 Å². The molecule has 0 bridgehead atoms. The van der Waals surface area contributed by atoms with E-state index >= 15 is 0 Å². The van der Waals surface area contributed by atoms with E-state index in [2.05, 4.69) is 5.32 Å². The van der Waals surface area contributed by atoms with Gasteiger partial charge in [0.1, 0.15) is 5.60 Å². The van der Waals surface area contributed by atoms with Crippen LogP contribution in [-0.2, 0) is 14.8 Å². The zero-order valence-corrected chi connectivity index (χ0v) is 15.7. The van der Waals surface area contributed by atoms with E-state index in [1.807, 2.05) is 19.9 Å². The van der Waals surface area contributed by atoms with E-state index in [1.54, 1.807) is 32.9 Å². The zero-order valence-electron chi connectivity index (χ0n) is 14.9. The fraction of sp³-hybridized carbons (Fsp3) is 0.588. The van der Waals surface area contributed by atoms with Crippen LogP contribution < -0.4 is 5.32 Å². The Morgan fingerprint density at radius 3 is 2.33 bits per heavy atom. The molecule has 1 amide bonds. The average molecular weight is 354 g/mol. The Morgan fingerprint density at radius 1 is 1.21 bits per heavy atom. The van der Waals surface area contributed by atoms with Crippen LogP contribution in [0, 0.1) is 13.8 Å². The normalized spacial score (nSPS) is 19.3. The van der Waals surface area contributed by atoms with Crippen LogP contribution in [0.4, 0.5) is 4.79 Å². The van der Waals surface area contributed by atoms with Gasteiger partial charge in [0.15, 0.2) is 0 Å². The van der Waals surface area contributed by atoms with Gasteiger partial charge in [-0.25, -0.2) is 13.2 Å². The van der Waals surface area contributed by atoms with Crippen molar-refractivity contribution in [1.29, 1.82) is 0 Å². The summed E-state index contributed by atoms with van der Waals surface area (Å²) in [7, 11) is -3.55. The van der Waals surface area contributed by atoms with Crippen molar-refractivity contribution in [2.45, 2.75) is 57.6 Å². The lowest BCUT2D eigenvalue weighted by atomic mass is 10.2. The van der Waals surface area contributed by atoms with Crippen LogP contribution >= 0.6 is 0 Å². The molecule has 1 aromatic carbocycles. The molecule has 1 aromatic rings. The Kier molecular flexibility index (Phi) is 5.25. The smallest absolute Gasteiger partial charge is 0.407 e. The maximum Gasteiger partial charge on any atom is 0.407 e. The Morgan fingerprint density at radius 2 is 1.79 bits per heavy atom. The molecule has 6 nitrogen and oxygen atoms in total. The summed E-state index contributed by atoms with van der Waals surface area (Å²) < 4.78 is 32.2. The summed E-state index contributed by atoms with van der Waals surface area (Å²) in [5.41, 5.74) is 1.25. The number of hydrogen-bond acceptors (Lipinski definition) is 4. The monoisotopic (exact) mass is 354 g/mol. The van der Waals surface area contributed by atoms with Gasteiger partial charge in [0.2, 0.25) is 10.0 Å². The van der Waals surface area contributed by atoms with Gasteiger partial charge in [-0.15, -0.1) is 0 Å². The Bertz CT molecular complexity index is 702. The molecule has 1 fully saturated rings. The number of benzene rings is 1. The van der Waals surface area contributed by atoms with E-state index in [9.17, 15) is 13.2 Å². The van der Waals surface area contributed by atoms with E-state index in [0.717, 1.165) is 11.1 Å². The minimum absolute atomic E-state index is 0.236. The van der Waals surface area contributed by atoms with Crippen LogP contribution in [0.25, 0.3) is 0 Å². The molecule has 7 heteroatoms. The minimum Gasteiger partial charge on any atom is -0.444 e. The molecule has 1 aliphatic rings. The molecule has 1 heterocycles. The molecular formula is C17H26N2O4S. The third-order valence-corrected chi connectivity index (χ3v) is 5.55. The maximum absolute atomic E-state index is 12.8. The molecule has 1 N–H and O–H groups in total. The first-order valence-electron chi connectivity index (χ1n) is 8.05. The molecule has 0 aliphatic carbocycles. The van der Waals surface area contributed by atoms with E-state index < -0.39 is 21.7 Å². The van der Waals surface area contributed by atoms with Crippen LogP contribution in [0.3, 0.4) is 0 Å². The van der Waals surface area contributed by atoms with Gasteiger partial charge in [0.05, 0.1) is 4.90 Å². The third kappa shape index (κ3) is 4.70. The number of rotatable bonds is 3. The van der Waals surface area contributed by atoms with Gasteiger partial charge >= 0.3 is 6.09 Å². The van der Waals surface area contributed by atoms with Crippen LogP contribution in [-0.4, -0.2) is 43.5 Å².